The molecule has 2 rings (SSSR count). The number of nitrogens with zero attached hydrogens (tertiary/aromatic N) is 1. The fourth-order valence-corrected chi connectivity index (χ4v) is 3.01. The fourth-order valence-electron chi connectivity index (χ4n) is 2.36. The van der Waals surface area contributed by atoms with Crippen molar-refractivity contribution in [1.82, 2.24) is 0 Å². The van der Waals surface area contributed by atoms with E-state index in [1.165, 1.54) is 0 Å². The maximum atomic E-state index is 11.5. The van der Waals surface area contributed by atoms with Crippen molar-refractivity contribution in [2.24, 2.45) is 0 Å². The molecule has 0 aromatic heterocycles. The van der Waals surface area contributed by atoms with Gasteiger partial charge in [-0.05, 0) is 36.5 Å². The van der Waals surface area contributed by atoms with Crippen LogP contribution in [0.5, 0.6) is 0 Å². The predicted octanol–water partition coefficient (Wildman–Crippen LogP) is 4.09. The lowest BCUT2D eigenvalue weighted by atomic mass is 9.81. The number of ketones is 1. The summed E-state index contributed by atoms with van der Waals surface area (Å²) >= 11 is 12.0. The zero-order valence-corrected chi connectivity index (χ0v) is 10.7. The first-order valence-electron chi connectivity index (χ1n) is 5.52. The van der Waals surface area contributed by atoms with Crippen LogP contribution in [0.1, 0.15) is 42.7 Å². The van der Waals surface area contributed by atoms with Crippen LogP contribution in [-0.4, -0.2) is 5.78 Å². The molecule has 1 aromatic rings. The van der Waals surface area contributed by atoms with Gasteiger partial charge in [0.05, 0.1) is 11.6 Å². The second-order valence-electron chi connectivity index (χ2n) is 4.29. The van der Waals surface area contributed by atoms with Crippen molar-refractivity contribution in [2.45, 2.75) is 31.6 Å². The third kappa shape index (κ3) is 2.62. The summed E-state index contributed by atoms with van der Waals surface area (Å²) < 4.78 is 0. The van der Waals surface area contributed by atoms with Crippen molar-refractivity contribution in [3.8, 4) is 6.07 Å². The minimum atomic E-state index is 0.0654. The molecular formula is C13H11Cl2NO. The topological polar surface area (TPSA) is 40.9 Å². The lowest BCUT2D eigenvalue weighted by Gasteiger charge is -2.23. The van der Waals surface area contributed by atoms with Crippen LogP contribution in [0.2, 0.25) is 10.0 Å². The molecule has 1 atom stereocenters. The van der Waals surface area contributed by atoms with Crippen molar-refractivity contribution in [3.05, 3.63) is 33.3 Å². The largest absolute Gasteiger partial charge is 0.300 e. The first-order chi connectivity index (χ1) is 8.11. The summed E-state index contributed by atoms with van der Waals surface area (Å²) in [6.45, 7) is 0. The Labute approximate surface area is 110 Å². The van der Waals surface area contributed by atoms with Crippen LogP contribution in [-0.2, 0) is 4.79 Å². The third-order valence-electron chi connectivity index (χ3n) is 3.11. The van der Waals surface area contributed by atoms with Gasteiger partial charge in [-0.1, -0.05) is 23.2 Å². The van der Waals surface area contributed by atoms with E-state index in [-0.39, 0.29) is 11.7 Å². The van der Waals surface area contributed by atoms with Crippen LogP contribution in [0.25, 0.3) is 0 Å². The Kier molecular flexibility index (Phi) is 3.71. The van der Waals surface area contributed by atoms with Gasteiger partial charge in [0, 0.05) is 22.9 Å². The molecule has 4 heteroatoms. The normalized spacial score (nSPS) is 20.1. The highest BCUT2D eigenvalue weighted by atomic mass is 35.5. The summed E-state index contributed by atoms with van der Waals surface area (Å²) in [5.74, 6) is 0.312. The van der Waals surface area contributed by atoms with Crippen molar-refractivity contribution in [2.75, 3.05) is 0 Å². The van der Waals surface area contributed by atoms with E-state index in [1.54, 1.807) is 12.1 Å². The molecule has 0 N–H and O–H groups in total. The molecule has 1 unspecified atom stereocenters. The molecule has 1 fully saturated rings. The first-order valence-corrected chi connectivity index (χ1v) is 6.28. The van der Waals surface area contributed by atoms with Crippen LogP contribution in [0.4, 0.5) is 0 Å². The minimum absolute atomic E-state index is 0.0654. The second kappa shape index (κ2) is 5.08. The molecule has 17 heavy (non-hydrogen) atoms. The zero-order chi connectivity index (χ0) is 12.4. The summed E-state index contributed by atoms with van der Waals surface area (Å²) in [5.41, 5.74) is 1.27. The molecule has 0 aliphatic heterocycles. The van der Waals surface area contributed by atoms with Gasteiger partial charge < -0.3 is 0 Å². The Balaban J connectivity index is 2.44. The van der Waals surface area contributed by atoms with E-state index in [4.69, 9.17) is 28.5 Å². The number of halogens is 2. The second-order valence-corrected chi connectivity index (χ2v) is 5.14. The highest BCUT2D eigenvalue weighted by molar-refractivity contribution is 6.35. The van der Waals surface area contributed by atoms with E-state index in [9.17, 15) is 4.79 Å². The first kappa shape index (κ1) is 12.4. The van der Waals surface area contributed by atoms with Gasteiger partial charge in [-0.2, -0.15) is 5.26 Å². The summed E-state index contributed by atoms with van der Waals surface area (Å²) in [7, 11) is 0. The molecule has 0 saturated heterocycles. The van der Waals surface area contributed by atoms with Gasteiger partial charge in [0.2, 0.25) is 0 Å². The molecule has 0 spiro atoms. The van der Waals surface area contributed by atoms with E-state index >= 15 is 0 Å². The van der Waals surface area contributed by atoms with E-state index < -0.39 is 0 Å². The number of nitriles is 1. The molecule has 0 amide bonds. The van der Waals surface area contributed by atoms with Crippen LogP contribution in [0.15, 0.2) is 12.1 Å². The van der Waals surface area contributed by atoms with Gasteiger partial charge in [0.15, 0.2) is 0 Å². The molecule has 1 aliphatic carbocycles. The van der Waals surface area contributed by atoms with Gasteiger partial charge in [-0.25, -0.2) is 0 Å². The molecule has 0 radical (unpaired) electrons. The summed E-state index contributed by atoms with van der Waals surface area (Å²) in [6.07, 6.45) is 2.90. The maximum Gasteiger partial charge on any atom is 0.133 e. The SMILES string of the molecule is N#Cc1cc(Cl)cc(Cl)c1C1CCCC(=O)C1. The quantitative estimate of drug-likeness (QED) is 0.769. The monoisotopic (exact) mass is 267 g/mol. The van der Waals surface area contributed by atoms with Crippen LogP contribution in [0.3, 0.4) is 0 Å². The smallest absolute Gasteiger partial charge is 0.133 e. The standard InChI is InChI=1S/C13H11Cl2NO/c14-10-4-9(7-16)13(12(15)6-10)8-2-1-3-11(17)5-8/h4,6,8H,1-3,5H2. The minimum Gasteiger partial charge on any atom is -0.300 e. The lowest BCUT2D eigenvalue weighted by Crippen LogP contribution is -2.14. The molecule has 1 aromatic carbocycles. The molecular weight excluding hydrogens is 257 g/mol. The lowest BCUT2D eigenvalue weighted by molar-refractivity contribution is -0.120. The molecule has 0 bridgehead atoms. The summed E-state index contributed by atoms with van der Waals surface area (Å²) in [6, 6.07) is 5.36. The van der Waals surface area contributed by atoms with Crippen molar-refractivity contribution in [1.29, 1.82) is 5.26 Å². The Bertz CT molecular complexity index is 505. The number of Topliss-reactive ketones (excluding diaryl/α,β-unsaturated/α-hetero) is 1. The van der Waals surface area contributed by atoms with Gasteiger partial charge in [0.1, 0.15) is 5.78 Å². The number of hydrogen-bond acceptors (Lipinski definition) is 2. The highest BCUT2D eigenvalue weighted by Gasteiger charge is 2.25. The predicted molar refractivity (Wildman–Crippen MR) is 67.4 cm³/mol. The van der Waals surface area contributed by atoms with E-state index in [0.29, 0.717) is 28.5 Å². The molecule has 2 nitrogen and oxygen atoms in total. The average molecular weight is 268 g/mol. The number of carbonyl (C=O) groups is 1. The van der Waals surface area contributed by atoms with Gasteiger partial charge in [-0.15, -0.1) is 0 Å². The number of rotatable bonds is 1. The number of hydrogen-bond donors (Lipinski definition) is 0. The van der Waals surface area contributed by atoms with Crippen LogP contribution >= 0.6 is 23.2 Å². The molecule has 1 saturated carbocycles. The Morgan fingerprint density at radius 2 is 2.12 bits per heavy atom. The fraction of sp³-hybridized carbons (Fsp3) is 0.385. The summed E-state index contributed by atoms with van der Waals surface area (Å²) in [4.78, 5) is 11.5. The Hall–Kier alpha value is -1.04. The maximum absolute atomic E-state index is 11.5. The molecule has 0 heterocycles. The molecule has 88 valence electrons. The van der Waals surface area contributed by atoms with Crippen LogP contribution < -0.4 is 0 Å². The zero-order valence-electron chi connectivity index (χ0n) is 9.17. The van der Waals surface area contributed by atoms with Crippen molar-refractivity contribution >= 4 is 29.0 Å². The Morgan fingerprint density at radius 1 is 1.35 bits per heavy atom. The average Bonchev–Trinajstić information content (AvgIpc) is 2.27. The van der Waals surface area contributed by atoms with Crippen LogP contribution in [0, 0.1) is 11.3 Å². The van der Waals surface area contributed by atoms with Gasteiger partial charge in [0.25, 0.3) is 0 Å². The number of carbonyl (C=O) groups excluding carboxylic acids is 1. The van der Waals surface area contributed by atoms with E-state index in [0.717, 1.165) is 18.4 Å². The van der Waals surface area contributed by atoms with Crippen molar-refractivity contribution in [3.63, 3.8) is 0 Å². The number of benzene rings is 1. The van der Waals surface area contributed by atoms with Gasteiger partial charge in [-0.3, -0.25) is 4.79 Å². The van der Waals surface area contributed by atoms with Gasteiger partial charge >= 0.3 is 0 Å². The van der Waals surface area contributed by atoms with E-state index in [2.05, 4.69) is 6.07 Å². The van der Waals surface area contributed by atoms with E-state index in [1.807, 2.05) is 0 Å². The van der Waals surface area contributed by atoms with Crippen molar-refractivity contribution < 1.29 is 4.79 Å². The summed E-state index contributed by atoms with van der Waals surface area (Å²) in [5, 5.41) is 10.1. The molecule has 1 aliphatic rings. The highest BCUT2D eigenvalue weighted by Crippen LogP contribution is 2.38. The Morgan fingerprint density at radius 3 is 2.76 bits per heavy atom. The third-order valence-corrected chi connectivity index (χ3v) is 3.64.